The minimum Gasteiger partial charge on any atom is -0.302 e. The van der Waals surface area contributed by atoms with E-state index in [1.54, 1.807) is 15.8 Å². The lowest BCUT2D eigenvalue weighted by molar-refractivity contribution is 0.0984. The van der Waals surface area contributed by atoms with Gasteiger partial charge in [0.1, 0.15) is 5.65 Å². The summed E-state index contributed by atoms with van der Waals surface area (Å²) in [6, 6.07) is 25.4. The Hall–Kier alpha value is -4.19. The number of benzene rings is 2. The Morgan fingerprint density at radius 2 is 1.61 bits per heavy atom. The molecule has 1 amide bonds. The second-order valence-electron chi connectivity index (χ2n) is 7.30. The van der Waals surface area contributed by atoms with E-state index >= 15 is 0 Å². The van der Waals surface area contributed by atoms with Crippen LogP contribution in [0, 0.1) is 6.92 Å². The fourth-order valence-electron chi connectivity index (χ4n) is 3.75. The third-order valence-electron chi connectivity index (χ3n) is 5.37. The van der Waals surface area contributed by atoms with Gasteiger partial charge in [0, 0.05) is 11.9 Å². The van der Waals surface area contributed by atoms with Crippen LogP contribution >= 0.6 is 0 Å². The molecule has 0 fully saturated rings. The maximum absolute atomic E-state index is 13.7. The van der Waals surface area contributed by atoms with Gasteiger partial charge in [-0.2, -0.15) is 5.10 Å². The predicted octanol–water partition coefficient (Wildman–Crippen LogP) is 4.68. The third kappa shape index (κ3) is 3.48. The summed E-state index contributed by atoms with van der Waals surface area (Å²) < 4.78 is 3.80. The summed E-state index contributed by atoms with van der Waals surface area (Å²) in [5, 5.41) is 4.48. The molecule has 0 aliphatic rings. The normalized spacial score (nSPS) is 11.0. The molecule has 0 spiro atoms. The van der Waals surface area contributed by atoms with Crippen molar-refractivity contribution in [2.24, 2.45) is 0 Å². The predicted molar refractivity (Wildman–Crippen MR) is 120 cm³/mol. The van der Waals surface area contributed by atoms with Gasteiger partial charge in [-0.25, -0.2) is 9.67 Å². The minimum absolute atomic E-state index is 0.100. The lowest BCUT2D eigenvalue weighted by Gasteiger charge is -2.22. The molecule has 31 heavy (non-hydrogen) atoms. The number of aromatic nitrogens is 4. The highest BCUT2D eigenvalue weighted by Crippen LogP contribution is 2.23. The van der Waals surface area contributed by atoms with Crippen LogP contribution in [0.15, 0.2) is 97.5 Å². The third-order valence-corrected chi connectivity index (χ3v) is 5.37. The molecule has 3 aromatic heterocycles. The van der Waals surface area contributed by atoms with Crippen molar-refractivity contribution in [2.75, 3.05) is 4.90 Å². The van der Waals surface area contributed by atoms with E-state index in [1.807, 2.05) is 103 Å². The first-order valence-electron chi connectivity index (χ1n) is 10.1. The van der Waals surface area contributed by atoms with E-state index in [4.69, 9.17) is 0 Å². The van der Waals surface area contributed by atoms with Gasteiger partial charge in [0.2, 0.25) is 0 Å². The number of carbonyl (C=O) groups excluding carboxylic acids is 1. The molecule has 6 heteroatoms. The zero-order valence-corrected chi connectivity index (χ0v) is 17.1. The molecule has 3 heterocycles. The number of para-hydroxylation sites is 2. The maximum Gasteiger partial charge on any atom is 0.262 e. The molecular weight excluding hydrogens is 386 g/mol. The molecule has 0 aliphatic heterocycles. The van der Waals surface area contributed by atoms with Gasteiger partial charge < -0.3 is 9.30 Å². The first kappa shape index (κ1) is 18.8. The zero-order valence-electron chi connectivity index (χ0n) is 17.1. The Balaban J connectivity index is 1.55. The van der Waals surface area contributed by atoms with Gasteiger partial charge in [-0.1, -0.05) is 42.5 Å². The molecule has 2 aromatic carbocycles. The second-order valence-corrected chi connectivity index (χ2v) is 7.30. The number of imidazole rings is 1. The van der Waals surface area contributed by atoms with Crippen LogP contribution < -0.4 is 4.90 Å². The molecule has 152 valence electrons. The molecule has 5 rings (SSSR count). The van der Waals surface area contributed by atoms with Crippen molar-refractivity contribution in [3.8, 4) is 5.69 Å². The van der Waals surface area contributed by atoms with E-state index in [1.165, 1.54) is 0 Å². The number of fused-ring (bicyclic) bond motifs is 1. The Bertz CT molecular complexity index is 1340. The summed E-state index contributed by atoms with van der Waals surface area (Å²) in [5.74, 6) is -0.100. The average Bonchev–Trinajstić information content (AvgIpc) is 3.41. The summed E-state index contributed by atoms with van der Waals surface area (Å²) in [4.78, 5) is 20.0. The van der Waals surface area contributed by atoms with Crippen LogP contribution in [0.1, 0.15) is 21.7 Å². The summed E-state index contributed by atoms with van der Waals surface area (Å²) in [5.41, 5.74) is 4.90. The molecule has 0 saturated heterocycles. The van der Waals surface area contributed by atoms with Gasteiger partial charge in [0.15, 0.2) is 0 Å². The lowest BCUT2D eigenvalue weighted by Crippen LogP contribution is -2.31. The van der Waals surface area contributed by atoms with Crippen LogP contribution in [-0.2, 0) is 6.54 Å². The van der Waals surface area contributed by atoms with E-state index in [0.717, 1.165) is 28.4 Å². The maximum atomic E-state index is 13.7. The fourth-order valence-corrected chi connectivity index (χ4v) is 3.75. The van der Waals surface area contributed by atoms with Gasteiger partial charge in [0.05, 0.1) is 41.6 Å². The van der Waals surface area contributed by atoms with Gasteiger partial charge in [0.25, 0.3) is 5.91 Å². The molecule has 5 aromatic rings. The van der Waals surface area contributed by atoms with Crippen molar-refractivity contribution in [1.82, 2.24) is 19.2 Å². The van der Waals surface area contributed by atoms with Crippen LogP contribution in [0.25, 0.3) is 11.3 Å². The van der Waals surface area contributed by atoms with Crippen molar-refractivity contribution < 1.29 is 4.79 Å². The SMILES string of the molecule is Cc1c(C(=O)N(Cc2cnc3ccccn23)c2ccccc2)cnn1-c1ccccc1. The van der Waals surface area contributed by atoms with E-state index in [-0.39, 0.29) is 5.91 Å². The van der Waals surface area contributed by atoms with Crippen LogP contribution in [0.5, 0.6) is 0 Å². The van der Waals surface area contributed by atoms with Crippen LogP contribution in [0.3, 0.4) is 0 Å². The zero-order chi connectivity index (χ0) is 21.2. The monoisotopic (exact) mass is 407 g/mol. The number of hydrogen-bond acceptors (Lipinski definition) is 3. The molecule has 0 atom stereocenters. The minimum atomic E-state index is -0.100. The van der Waals surface area contributed by atoms with E-state index in [2.05, 4.69) is 10.1 Å². The van der Waals surface area contributed by atoms with Crippen LogP contribution in [0.4, 0.5) is 5.69 Å². The van der Waals surface area contributed by atoms with E-state index in [9.17, 15) is 4.79 Å². The van der Waals surface area contributed by atoms with Gasteiger partial charge in [-0.3, -0.25) is 4.79 Å². The molecule has 0 aliphatic carbocycles. The van der Waals surface area contributed by atoms with E-state index in [0.29, 0.717) is 12.1 Å². The van der Waals surface area contributed by atoms with Crippen LogP contribution in [0.2, 0.25) is 0 Å². The Kier molecular flexibility index (Phi) is 4.80. The average molecular weight is 407 g/mol. The number of anilines is 1. The molecule has 0 bridgehead atoms. The Morgan fingerprint density at radius 1 is 0.903 bits per heavy atom. The number of carbonyl (C=O) groups is 1. The van der Waals surface area contributed by atoms with Crippen molar-refractivity contribution in [3.05, 3.63) is 114 Å². The number of rotatable bonds is 5. The first-order chi connectivity index (χ1) is 15.2. The van der Waals surface area contributed by atoms with Crippen molar-refractivity contribution in [2.45, 2.75) is 13.5 Å². The molecule has 6 nitrogen and oxygen atoms in total. The largest absolute Gasteiger partial charge is 0.302 e. The molecule has 0 radical (unpaired) electrons. The highest BCUT2D eigenvalue weighted by atomic mass is 16.2. The summed E-state index contributed by atoms with van der Waals surface area (Å²) in [7, 11) is 0. The summed E-state index contributed by atoms with van der Waals surface area (Å²) in [6.07, 6.45) is 5.43. The quantitative estimate of drug-likeness (QED) is 0.425. The lowest BCUT2D eigenvalue weighted by atomic mass is 10.2. The Labute approximate surface area is 180 Å². The van der Waals surface area contributed by atoms with Crippen molar-refractivity contribution in [1.29, 1.82) is 0 Å². The van der Waals surface area contributed by atoms with Crippen molar-refractivity contribution in [3.63, 3.8) is 0 Å². The molecule has 0 N–H and O–H groups in total. The van der Waals surface area contributed by atoms with Gasteiger partial charge in [-0.15, -0.1) is 0 Å². The Morgan fingerprint density at radius 3 is 2.39 bits per heavy atom. The number of hydrogen-bond donors (Lipinski definition) is 0. The highest BCUT2D eigenvalue weighted by Gasteiger charge is 2.24. The number of nitrogens with zero attached hydrogens (tertiary/aromatic N) is 5. The molecular formula is C25H21N5O. The summed E-state index contributed by atoms with van der Waals surface area (Å²) in [6.45, 7) is 2.31. The number of amides is 1. The van der Waals surface area contributed by atoms with E-state index < -0.39 is 0 Å². The van der Waals surface area contributed by atoms with Gasteiger partial charge in [-0.05, 0) is 43.3 Å². The standard InChI is InChI=1S/C25H21N5O/c1-19-23(17-27-30(19)21-12-6-3-7-13-21)25(31)29(20-10-4-2-5-11-20)18-22-16-26-24-14-8-9-15-28(22)24/h2-17H,18H2,1H3. The van der Waals surface area contributed by atoms with Gasteiger partial charge >= 0.3 is 0 Å². The first-order valence-corrected chi connectivity index (χ1v) is 10.1. The van der Waals surface area contributed by atoms with Crippen molar-refractivity contribution >= 4 is 17.2 Å². The topological polar surface area (TPSA) is 55.4 Å². The fraction of sp³-hybridized carbons (Fsp3) is 0.0800. The molecule has 0 unspecified atom stereocenters. The number of pyridine rings is 1. The highest BCUT2D eigenvalue weighted by molar-refractivity contribution is 6.06. The second kappa shape index (κ2) is 7.91. The smallest absolute Gasteiger partial charge is 0.262 e. The molecule has 0 saturated carbocycles. The summed E-state index contributed by atoms with van der Waals surface area (Å²) >= 11 is 0. The van der Waals surface area contributed by atoms with Crippen LogP contribution in [-0.4, -0.2) is 25.1 Å².